The van der Waals surface area contributed by atoms with Crippen LogP contribution in [0.2, 0.25) is 0 Å². The average Bonchev–Trinajstić information content (AvgIpc) is 2.51. The predicted octanol–water partition coefficient (Wildman–Crippen LogP) is 2.29. The van der Waals surface area contributed by atoms with Crippen LogP contribution in [0.5, 0.6) is 0 Å². The van der Waals surface area contributed by atoms with Crippen LogP contribution in [-0.4, -0.2) is 18.4 Å². The van der Waals surface area contributed by atoms with Gasteiger partial charge in [-0.1, -0.05) is 13.8 Å². The number of carbonyl (C=O) groups is 2. The summed E-state index contributed by atoms with van der Waals surface area (Å²) in [4.78, 5) is 23.5. The molecular weight excluding hydrogens is 228 g/mol. The SMILES string of the molecule is CC(=O)N(C=O)c1ccc2c(c1)C(C)(C)C(C)N2. The third-order valence-corrected chi connectivity index (χ3v) is 3.87. The van der Waals surface area contributed by atoms with Gasteiger partial charge >= 0.3 is 0 Å². The molecule has 1 aliphatic heterocycles. The van der Waals surface area contributed by atoms with Crippen molar-refractivity contribution in [3.8, 4) is 0 Å². The van der Waals surface area contributed by atoms with E-state index < -0.39 is 0 Å². The molecule has 1 aromatic carbocycles. The standard InChI is InChI=1S/C14H18N2O2/c1-9-14(3,4)12-7-11(5-6-13(12)15-9)16(8-17)10(2)18/h5-9,15H,1-4H3. The lowest BCUT2D eigenvalue weighted by atomic mass is 9.81. The molecule has 0 spiro atoms. The molecule has 18 heavy (non-hydrogen) atoms. The number of rotatable bonds is 2. The Morgan fingerprint density at radius 2 is 2.11 bits per heavy atom. The molecule has 0 saturated carbocycles. The van der Waals surface area contributed by atoms with Gasteiger partial charge < -0.3 is 5.32 Å². The molecule has 4 nitrogen and oxygen atoms in total. The van der Waals surface area contributed by atoms with Gasteiger partial charge in [0, 0.05) is 24.1 Å². The Labute approximate surface area is 107 Å². The number of nitrogens with zero attached hydrogens (tertiary/aromatic N) is 1. The lowest BCUT2D eigenvalue weighted by Crippen LogP contribution is -2.30. The van der Waals surface area contributed by atoms with Gasteiger partial charge in [0.25, 0.3) is 0 Å². The topological polar surface area (TPSA) is 49.4 Å². The van der Waals surface area contributed by atoms with E-state index in [0.29, 0.717) is 18.1 Å². The summed E-state index contributed by atoms with van der Waals surface area (Å²) in [6, 6.07) is 5.96. The molecular formula is C14H18N2O2. The van der Waals surface area contributed by atoms with E-state index in [2.05, 4.69) is 26.1 Å². The van der Waals surface area contributed by atoms with Crippen LogP contribution in [0.25, 0.3) is 0 Å². The van der Waals surface area contributed by atoms with Crippen molar-refractivity contribution >= 4 is 23.7 Å². The molecule has 0 bridgehead atoms. The minimum Gasteiger partial charge on any atom is -0.381 e. The summed E-state index contributed by atoms with van der Waals surface area (Å²) in [6.45, 7) is 7.81. The second-order valence-corrected chi connectivity index (χ2v) is 5.31. The van der Waals surface area contributed by atoms with Gasteiger partial charge in [0.15, 0.2) is 0 Å². The Kier molecular flexibility index (Phi) is 2.89. The van der Waals surface area contributed by atoms with Crippen molar-refractivity contribution in [2.24, 2.45) is 0 Å². The molecule has 0 aromatic heterocycles. The maximum absolute atomic E-state index is 11.4. The van der Waals surface area contributed by atoms with Crippen molar-refractivity contribution in [2.75, 3.05) is 10.2 Å². The van der Waals surface area contributed by atoms with Crippen LogP contribution in [0.4, 0.5) is 11.4 Å². The molecule has 1 unspecified atom stereocenters. The molecule has 1 N–H and O–H groups in total. The molecule has 0 aliphatic carbocycles. The van der Waals surface area contributed by atoms with Crippen LogP contribution in [-0.2, 0) is 15.0 Å². The summed E-state index contributed by atoms with van der Waals surface area (Å²) in [5, 5.41) is 3.41. The van der Waals surface area contributed by atoms with E-state index in [-0.39, 0.29) is 11.3 Å². The summed E-state index contributed by atoms with van der Waals surface area (Å²) in [5.41, 5.74) is 2.82. The molecule has 2 amide bonds. The lowest BCUT2D eigenvalue weighted by molar-refractivity contribution is -0.120. The van der Waals surface area contributed by atoms with Crippen molar-refractivity contribution in [2.45, 2.75) is 39.2 Å². The van der Waals surface area contributed by atoms with Crippen LogP contribution in [0.1, 0.15) is 33.3 Å². The minimum atomic E-state index is -0.276. The van der Waals surface area contributed by atoms with E-state index in [1.807, 2.05) is 12.1 Å². The van der Waals surface area contributed by atoms with Crippen LogP contribution in [0.15, 0.2) is 18.2 Å². The second kappa shape index (κ2) is 4.12. The van der Waals surface area contributed by atoms with E-state index in [4.69, 9.17) is 0 Å². The van der Waals surface area contributed by atoms with Gasteiger partial charge in [0.05, 0.1) is 5.69 Å². The van der Waals surface area contributed by atoms with Gasteiger partial charge in [-0.25, -0.2) is 0 Å². The van der Waals surface area contributed by atoms with E-state index in [0.717, 1.165) is 16.2 Å². The van der Waals surface area contributed by atoms with Gasteiger partial charge in [-0.05, 0) is 30.7 Å². The summed E-state index contributed by atoms with van der Waals surface area (Å²) >= 11 is 0. The average molecular weight is 246 g/mol. The Balaban J connectivity index is 2.49. The lowest BCUT2D eigenvalue weighted by Gasteiger charge is -2.24. The number of hydrogen-bond donors (Lipinski definition) is 1. The number of hydrogen-bond acceptors (Lipinski definition) is 3. The third-order valence-electron chi connectivity index (χ3n) is 3.87. The Morgan fingerprint density at radius 1 is 1.44 bits per heavy atom. The van der Waals surface area contributed by atoms with Crippen molar-refractivity contribution < 1.29 is 9.59 Å². The highest BCUT2D eigenvalue weighted by atomic mass is 16.2. The number of fused-ring (bicyclic) bond motifs is 1. The van der Waals surface area contributed by atoms with E-state index in [1.54, 1.807) is 6.07 Å². The molecule has 1 atom stereocenters. The zero-order valence-corrected chi connectivity index (χ0v) is 11.2. The Hall–Kier alpha value is -1.84. The van der Waals surface area contributed by atoms with E-state index in [9.17, 15) is 9.59 Å². The highest BCUT2D eigenvalue weighted by Gasteiger charge is 2.36. The summed E-state index contributed by atoms with van der Waals surface area (Å²) in [5.74, 6) is -0.276. The molecule has 1 heterocycles. The maximum Gasteiger partial charge on any atom is 0.230 e. The Morgan fingerprint density at radius 3 is 2.67 bits per heavy atom. The quantitative estimate of drug-likeness (QED) is 0.814. The third kappa shape index (κ3) is 1.78. The van der Waals surface area contributed by atoms with Gasteiger partial charge in [-0.2, -0.15) is 0 Å². The molecule has 1 aliphatic rings. The first-order chi connectivity index (χ1) is 8.37. The first-order valence-corrected chi connectivity index (χ1v) is 6.04. The van der Waals surface area contributed by atoms with Crippen molar-refractivity contribution in [1.82, 2.24) is 0 Å². The molecule has 2 rings (SSSR count). The van der Waals surface area contributed by atoms with Crippen LogP contribution < -0.4 is 10.2 Å². The highest BCUT2D eigenvalue weighted by Crippen LogP contribution is 2.42. The molecule has 0 radical (unpaired) electrons. The second-order valence-electron chi connectivity index (χ2n) is 5.31. The fraction of sp³-hybridized carbons (Fsp3) is 0.429. The predicted molar refractivity (Wildman–Crippen MR) is 71.8 cm³/mol. The zero-order chi connectivity index (χ0) is 13.5. The number of imide groups is 1. The normalized spacial score (nSPS) is 19.9. The summed E-state index contributed by atoms with van der Waals surface area (Å²) < 4.78 is 0. The first kappa shape index (κ1) is 12.6. The van der Waals surface area contributed by atoms with E-state index in [1.165, 1.54) is 6.92 Å². The van der Waals surface area contributed by atoms with Gasteiger partial charge in [-0.3, -0.25) is 14.5 Å². The molecule has 96 valence electrons. The molecule has 0 saturated heterocycles. The first-order valence-electron chi connectivity index (χ1n) is 6.04. The summed E-state index contributed by atoms with van der Waals surface area (Å²) in [6.07, 6.45) is 0.558. The fourth-order valence-corrected chi connectivity index (χ4v) is 2.30. The van der Waals surface area contributed by atoms with Crippen molar-refractivity contribution in [3.05, 3.63) is 23.8 Å². The van der Waals surface area contributed by atoms with Crippen LogP contribution >= 0.6 is 0 Å². The fourth-order valence-electron chi connectivity index (χ4n) is 2.30. The smallest absolute Gasteiger partial charge is 0.230 e. The number of benzene rings is 1. The zero-order valence-electron chi connectivity index (χ0n) is 11.2. The minimum absolute atomic E-state index is 0.0172. The highest BCUT2D eigenvalue weighted by molar-refractivity contribution is 6.05. The summed E-state index contributed by atoms with van der Waals surface area (Å²) in [7, 11) is 0. The number of anilines is 2. The Bertz CT molecular complexity index is 509. The van der Waals surface area contributed by atoms with Gasteiger partial charge in [-0.15, -0.1) is 0 Å². The number of carbonyl (C=O) groups excluding carboxylic acids is 2. The molecule has 4 heteroatoms. The molecule has 0 fully saturated rings. The van der Waals surface area contributed by atoms with E-state index >= 15 is 0 Å². The number of nitrogens with one attached hydrogen (secondary N) is 1. The van der Waals surface area contributed by atoms with Gasteiger partial charge in [0.2, 0.25) is 12.3 Å². The van der Waals surface area contributed by atoms with Crippen molar-refractivity contribution in [3.63, 3.8) is 0 Å². The van der Waals surface area contributed by atoms with Crippen LogP contribution in [0.3, 0.4) is 0 Å². The largest absolute Gasteiger partial charge is 0.381 e. The monoisotopic (exact) mass is 246 g/mol. The van der Waals surface area contributed by atoms with Crippen LogP contribution in [0, 0.1) is 0 Å². The van der Waals surface area contributed by atoms with Gasteiger partial charge in [0.1, 0.15) is 0 Å². The number of amides is 2. The maximum atomic E-state index is 11.4. The molecule has 1 aromatic rings. The van der Waals surface area contributed by atoms with Crippen molar-refractivity contribution in [1.29, 1.82) is 0 Å².